The Labute approximate surface area is 148 Å². The van der Waals surface area contributed by atoms with Crippen LogP contribution in [0, 0.1) is 0 Å². The summed E-state index contributed by atoms with van der Waals surface area (Å²) in [7, 11) is 5.08. The lowest BCUT2D eigenvalue weighted by molar-refractivity contribution is 0.356. The lowest BCUT2D eigenvalue weighted by atomic mass is 10.2. The molecule has 4 N–H and O–H groups in total. The van der Waals surface area contributed by atoms with E-state index in [1.807, 2.05) is 11.9 Å². The molecule has 23 heavy (non-hydrogen) atoms. The van der Waals surface area contributed by atoms with E-state index < -0.39 is 0 Å². The molecule has 0 saturated heterocycles. The molecule has 1 heterocycles. The van der Waals surface area contributed by atoms with Crippen LogP contribution in [-0.4, -0.2) is 44.3 Å². The van der Waals surface area contributed by atoms with Crippen LogP contribution in [0.5, 0.6) is 11.5 Å². The SMILES string of the molecule is COc1cc2nc(N(C)CCCN)nc(N)c2cc1OC.Cl.Cl. The number of nitrogens with zero attached hydrogens (tertiary/aromatic N) is 3. The molecule has 2 rings (SSSR count). The van der Waals surface area contributed by atoms with E-state index in [0.717, 1.165) is 23.9 Å². The third-order valence-electron chi connectivity index (χ3n) is 3.26. The van der Waals surface area contributed by atoms with Crippen molar-refractivity contribution < 1.29 is 9.47 Å². The number of nitrogen functional groups attached to an aromatic ring is 1. The molecule has 0 atom stereocenters. The topological polar surface area (TPSA) is 99.5 Å². The van der Waals surface area contributed by atoms with E-state index in [1.54, 1.807) is 26.4 Å². The van der Waals surface area contributed by atoms with Crippen LogP contribution in [0.2, 0.25) is 0 Å². The van der Waals surface area contributed by atoms with Gasteiger partial charge in [0.15, 0.2) is 11.5 Å². The molecule has 0 spiro atoms. The minimum absolute atomic E-state index is 0. The van der Waals surface area contributed by atoms with Gasteiger partial charge in [0, 0.05) is 25.0 Å². The highest BCUT2D eigenvalue weighted by atomic mass is 35.5. The number of anilines is 2. The quantitative estimate of drug-likeness (QED) is 0.807. The molecule has 0 radical (unpaired) electrons. The number of fused-ring (bicyclic) bond motifs is 1. The Kier molecular flexibility index (Phi) is 8.74. The molecule has 0 bridgehead atoms. The molecular weight excluding hydrogens is 341 g/mol. The van der Waals surface area contributed by atoms with E-state index in [0.29, 0.717) is 29.8 Å². The molecular formula is C14H23Cl2N5O2. The summed E-state index contributed by atoms with van der Waals surface area (Å²) in [6.07, 6.45) is 0.865. The van der Waals surface area contributed by atoms with Crippen molar-refractivity contribution in [3.05, 3.63) is 12.1 Å². The van der Waals surface area contributed by atoms with Gasteiger partial charge >= 0.3 is 0 Å². The summed E-state index contributed by atoms with van der Waals surface area (Å²) in [6.45, 7) is 1.40. The van der Waals surface area contributed by atoms with Gasteiger partial charge in [0.05, 0.1) is 19.7 Å². The van der Waals surface area contributed by atoms with Crippen LogP contribution in [0.1, 0.15) is 6.42 Å². The number of benzene rings is 1. The first-order valence-corrected chi connectivity index (χ1v) is 6.71. The van der Waals surface area contributed by atoms with Crippen molar-refractivity contribution in [2.24, 2.45) is 5.73 Å². The minimum atomic E-state index is 0. The van der Waals surface area contributed by atoms with Gasteiger partial charge in [-0.15, -0.1) is 24.8 Å². The van der Waals surface area contributed by atoms with Crippen molar-refractivity contribution in [1.82, 2.24) is 9.97 Å². The second-order valence-electron chi connectivity index (χ2n) is 4.70. The number of halogens is 2. The fourth-order valence-electron chi connectivity index (χ4n) is 2.07. The predicted octanol–water partition coefficient (Wildman–Crippen LogP) is 1.86. The number of aromatic nitrogens is 2. The maximum atomic E-state index is 6.04. The van der Waals surface area contributed by atoms with Gasteiger partial charge in [-0.25, -0.2) is 4.98 Å². The molecule has 2 aromatic rings. The molecule has 0 aliphatic rings. The van der Waals surface area contributed by atoms with Gasteiger partial charge in [-0.2, -0.15) is 4.98 Å². The largest absolute Gasteiger partial charge is 0.493 e. The highest BCUT2D eigenvalue weighted by Crippen LogP contribution is 2.33. The summed E-state index contributed by atoms with van der Waals surface area (Å²) >= 11 is 0. The minimum Gasteiger partial charge on any atom is -0.493 e. The zero-order valence-electron chi connectivity index (χ0n) is 13.4. The number of methoxy groups -OCH3 is 2. The molecule has 0 fully saturated rings. The molecule has 0 unspecified atom stereocenters. The molecule has 130 valence electrons. The standard InChI is InChI=1S/C14H21N5O2.2ClH/c1-19(6-4-5-15)14-17-10-8-12(21-3)11(20-2)7-9(10)13(16)18-14;;/h7-8H,4-6,15H2,1-3H3,(H2,16,17,18);2*1H. The molecule has 1 aromatic heterocycles. The average molecular weight is 364 g/mol. The highest BCUT2D eigenvalue weighted by Gasteiger charge is 2.13. The van der Waals surface area contributed by atoms with E-state index in [4.69, 9.17) is 20.9 Å². The van der Waals surface area contributed by atoms with Crippen LogP contribution in [0.4, 0.5) is 11.8 Å². The summed E-state index contributed by atoms with van der Waals surface area (Å²) in [5.74, 6) is 2.19. The van der Waals surface area contributed by atoms with Gasteiger partial charge in [-0.05, 0) is 19.0 Å². The van der Waals surface area contributed by atoms with Gasteiger partial charge in [-0.1, -0.05) is 0 Å². The average Bonchev–Trinajstić information content (AvgIpc) is 2.51. The van der Waals surface area contributed by atoms with Crippen LogP contribution in [0.3, 0.4) is 0 Å². The van der Waals surface area contributed by atoms with Crippen LogP contribution >= 0.6 is 24.8 Å². The summed E-state index contributed by atoms with van der Waals surface area (Å²) in [5.41, 5.74) is 12.3. The normalized spacial score (nSPS) is 9.74. The first-order chi connectivity index (χ1) is 10.1. The molecule has 0 aliphatic heterocycles. The van der Waals surface area contributed by atoms with Crippen LogP contribution in [0.15, 0.2) is 12.1 Å². The summed E-state index contributed by atoms with van der Waals surface area (Å²) < 4.78 is 10.6. The summed E-state index contributed by atoms with van der Waals surface area (Å²) in [4.78, 5) is 10.8. The fraction of sp³-hybridized carbons (Fsp3) is 0.429. The number of rotatable bonds is 6. The maximum Gasteiger partial charge on any atom is 0.227 e. The van der Waals surface area contributed by atoms with E-state index in [1.165, 1.54) is 0 Å². The second kappa shape index (κ2) is 9.44. The first-order valence-electron chi connectivity index (χ1n) is 6.71. The van der Waals surface area contributed by atoms with Crippen molar-refractivity contribution in [2.45, 2.75) is 6.42 Å². The number of hydrogen-bond acceptors (Lipinski definition) is 7. The van der Waals surface area contributed by atoms with E-state index >= 15 is 0 Å². The van der Waals surface area contributed by atoms with Gasteiger partial charge in [-0.3, -0.25) is 0 Å². The maximum absolute atomic E-state index is 6.04. The third kappa shape index (κ3) is 4.63. The summed E-state index contributed by atoms with van der Waals surface area (Å²) in [6, 6.07) is 3.58. The Morgan fingerprint density at radius 3 is 2.26 bits per heavy atom. The monoisotopic (exact) mass is 363 g/mol. The van der Waals surface area contributed by atoms with E-state index in [2.05, 4.69) is 9.97 Å². The van der Waals surface area contributed by atoms with Gasteiger partial charge in [0.2, 0.25) is 5.95 Å². The van der Waals surface area contributed by atoms with Crippen LogP contribution < -0.4 is 25.8 Å². The Balaban J connectivity index is 0.00000242. The Bertz CT molecular complexity index is 642. The van der Waals surface area contributed by atoms with E-state index in [9.17, 15) is 0 Å². The summed E-state index contributed by atoms with van der Waals surface area (Å²) in [5, 5.41) is 0.739. The Morgan fingerprint density at radius 1 is 1.09 bits per heavy atom. The van der Waals surface area contributed by atoms with Crippen molar-refractivity contribution in [3.8, 4) is 11.5 Å². The lowest BCUT2D eigenvalue weighted by Gasteiger charge is -2.18. The second-order valence-corrected chi connectivity index (χ2v) is 4.70. The number of hydrogen-bond donors (Lipinski definition) is 2. The van der Waals surface area contributed by atoms with Gasteiger partial charge in [0.1, 0.15) is 5.82 Å². The molecule has 0 saturated carbocycles. The Morgan fingerprint density at radius 2 is 1.70 bits per heavy atom. The van der Waals surface area contributed by atoms with E-state index in [-0.39, 0.29) is 24.8 Å². The van der Waals surface area contributed by atoms with Crippen molar-refractivity contribution in [2.75, 3.05) is 45.0 Å². The Hall–Kier alpha value is -1.70. The highest BCUT2D eigenvalue weighted by molar-refractivity contribution is 5.91. The van der Waals surface area contributed by atoms with Crippen molar-refractivity contribution in [1.29, 1.82) is 0 Å². The molecule has 0 amide bonds. The number of nitrogens with two attached hydrogens (primary N) is 2. The lowest BCUT2D eigenvalue weighted by Crippen LogP contribution is -2.23. The van der Waals surface area contributed by atoms with Crippen molar-refractivity contribution >= 4 is 47.5 Å². The predicted molar refractivity (Wildman–Crippen MR) is 98.5 cm³/mol. The fourth-order valence-corrected chi connectivity index (χ4v) is 2.07. The first kappa shape index (κ1) is 21.3. The van der Waals surface area contributed by atoms with Crippen LogP contribution in [-0.2, 0) is 0 Å². The van der Waals surface area contributed by atoms with Crippen molar-refractivity contribution in [3.63, 3.8) is 0 Å². The molecule has 1 aromatic carbocycles. The third-order valence-corrected chi connectivity index (χ3v) is 3.26. The molecule has 7 nitrogen and oxygen atoms in total. The zero-order valence-corrected chi connectivity index (χ0v) is 15.0. The molecule has 0 aliphatic carbocycles. The van der Waals surface area contributed by atoms with Gasteiger partial charge in [0.25, 0.3) is 0 Å². The zero-order chi connectivity index (χ0) is 15.4. The molecule has 9 heteroatoms. The smallest absolute Gasteiger partial charge is 0.227 e. The number of ether oxygens (including phenoxy) is 2. The van der Waals surface area contributed by atoms with Gasteiger partial charge < -0.3 is 25.8 Å². The van der Waals surface area contributed by atoms with Crippen LogP contribution in [0.25, 0.3) is 10.9 Å².